The lowest BCUT2D eigenvalue weighted by Gasteiger charge is -2.47. The molecule has 0 aromatic rings. The first-order valence-electron chi connectivity index (χ1n) is 5.82. The zero-order chi connectivity index (χ0) is 15.0. The molecule has 2 aliphatic heterocycles. The number of hydrogen-bond acceptors (Lipinski definition) is 6. The van der Waals surface area contributed by atoms with Crippen molar-refractivity contribution >= 4 is 45.5 Å². The summed E-state index contributed by atoms with van der Waals surface area (Å²) < 4.78 is 5.00. The maximum absolute atomic E-state index is 11.9. The van der Waals surface area contributed by atoms with Crippen molar-refractivity contribution in [1.82, 2.24) is 4.90 Å². The van der Waals surface area contributed by atoms with Crippen molar-refractivity contribution < 1.29 is 24.2 Å². The van der Waals surface area contributed by atoms with Gasteiger partial charge in [0.15, 0.2) is 0 Å². The lowest BCUT2D eigenvalue weighted by atomic mass is 10.0. The Bertz CT molecular complexity index is 507. The zero-order valence-electron chi connectivity index (χ0n) is 10.5. The van der Waals surface area contributed by atoms with E-state index in [0.29, 0.717) is 0 Å². The molecule has 110 valence electrons. The molecule has 3 atom stereocenters. The molecule has 1 amide bonds. The molecule has 0 saturated carbocycles. The van der Waals surface area contributed by atoms with Crippen LogP contribution < -0.4 is 5.73 Å². The molecule has 0 aromatic carbocycles. The van der Waals surface area contributed by atoms with Gasteiger partial charge in [0.1, 0.15) is 23.7 Å². The van der Waals surface area contributed by atoms with Gasteiger partial charge in [-0.15, -0.1) is 11.8 Å². The Balaban J connectivity index is 2.26. The van der Waals surface area contributed by atoms with Crippen molar-refractivity contribution in [2.24, 2.45) is 5.73 Å². The minimum atomic E-state index is -1.32. The smallest absolute Gasteiger partial charge is 0.353 e. The summed E-state index contributed by atoms with van der Waals surface area (Å²) >= 11 is 4.49. The van der Waals surface area contributed by atoms with E-state index < -0.39 is 29.3 Å². The molecular formula is C11H13BrN2O5S. The van der Waals surface area contributed by atoms with Gasteiger partial charge in [0.2, 0.25) is 5.91 Å². The van der Waals surface area contributed by atoms with Crippen LogP contribution in [0.5, 0.6) is 0 Å². The monoisotopic (exact) mass is 364 g/mol. The summed E-state index contributed by atoms with van der Waals surface area (Å²) in [6, 6.07) is -0.713. The number of β-lactam (4-membered cyclic amide) rings is 1. The molecule has 0 radical (unpaired) electrons. The number of amides is 1. The maximum atomic E-state index is 11.9. The Hall–Kier alpha value is -1.06. The highest BCUT2D eigenvalue weighted by Gasteiger charge is 2.52. The number of carboxylic acid groups (broad SMARTS) is 1. The van der Waals surface area contributed by atoms with Crippen LogP contribution in [0.25, 0.3) is 0 Å². The number of thioether (sulfide) groups is 1. The molecule has 0 bridgehead atoms. The number of hydrogen-bond donors (Lipinski definition) is 2. The number of nitrogens with two attached hydrogens (primary N) is 1. The highest BCUT2D eigenvalue weighted by Crippen LogP contribution is 2.39. The van der Waals surface area contributed by atoms with Crippen LogP contribution in [0, 0.1) is 0 Å². The fourth-order valence-corrected chi connectivity index (χ4v) is 3.36. The number of halogens is 1. The van der Waals surface area contributed by atoms with Crippen LogP contribution >= 0.6 is 27.7 Å². The number of carboxylic acids is 1. The zero-order valence-corrected chi connectivity index (χ0v) is 12.9. The van der Waals surface area contributed by atoms with E-state index in [0.717, 1.165) is 4.90 Å². The molecule has 3 N–H and O–H groups in total. The van der Waals surface area contributed by atoms with Crippen LogP contribution in [0.4, 0.5) is 0 Å². The summed E-state index contributed by atoms with van der Waals surface area (Å²) in [6.45, 7) is 1.92. The van der Waals surface area contributed by atoms with Crippen molar-refractivity contribution in [3.8, 4) is 0 Å². The second-order valence-corrected chi connectivity index (χ2v) is 7.12. The number of alkyl halides is 1. The molecule has 2 rings (SSSR count). The van der Waals surface area contributed by atoms with Gasteiger partial charge in [-0.25, -0.2) is 9.59 Å². The molecule has 9 heteroatoms. The normalized spacial score (nSPS) is 26.8. The third-order valence-corrected chi connectivity index (χ3v) is 4.47. The van der Waals surface area contributed by atoms with Crippen molar-refractivity contribution in [2.45, 2.75) is 23.2 Å². The Morgan fingerprint density at radius 1 is 1.65 bits per heavy atom. The lowest BCUT2D eigenvalue weighted by molar-refractivity contribution is -0.149. The van der Waals surface area contributed by atoms with Crippen LogP contribution in [0.3, 0.4) is 0 Å². The Morgan fingerprint density at radius 2 is 2.30 bits per heavy atom. The average molecular weight is 365 g/mol. The van der Waals surface area contributed by atoms with Crippen LogP contribution in [-0.4, -0.2) is 56.5 Å². The SMILES string of the molecule is CC(Br)COC(=O)C1=C(C(=O)O)N2C(=O)C(N)[C@H]2SC1. The summed E-state index contributed by atoms with van der Waals surface area (Å²) in [5, 5.41) is 8.83. The van der Waals surface area contributed by atoms with Gasteiger partial charge >= 0.3 is 11.9 Å². The number of fused-ring (bicyclic) bond motifs is 1. The van der Waals surface area contributed by atoms with Gasteiger partial charge in [-0.05, 0) is 6.92 Å². The number of carbonyl (C=O) groups is 3. The number of nitrogens with zero attached hydrogens (tertiary/aromatic N) is 1. The third-order valence-electron chi connectivity index (χ3n) is 2.90. The third kappa shape index (κ3) is 2.57. The van der Waals surface area contributed by atoms with Gasteiger partial charge in [0, 0.05) is 10.6 Å². The highest BCUT2D eigenvalue weighted by molar-refractivity contribution is 9.09. The van der Waals surface area contributed by atoms with Crippen molar-refractivity contribution in [1.29, 1.82) is 0 Å². The molecule has 2 heterocycles. The van der Waals surface area contributed by atoms with Crippen LogP contribution in [0.15, 0.2) is 11.3 Å². The van der Waals surface area contributed by atoms with Gasteiger partial charge in [0.25, 0.3) is 0 Å². The Kier molecular flexibility index (Phi) is 4.40. The molecule has 7 nitrogen and oxygen atoms in total. The molecule has 0 aromatic heterocycles. The second kappa shape index (κ2) is 5.74. The average Bonchev–Trinajstić information content (AvgIpc) is 2.41. The van der Waals surface area contributed by atoms with Gasteiger partial charge < -0.3 is 15.6 Å². The van der Waals surface area contributed by atoms with E-state index in [9.17, 15) is 19.5 Å². The first-order valence-corrected chi connectivity index (χ1v) is 7.79. The standard InChI is InChI=1S/C11H13BrN2O5S/c1-4(12)2-19-11(18)5-3-20-9-6(13)8(15)14(9)7(5)10(16)17/h4,6,9H,2-3,13H2,1H3,(H,16,17)/t4?,6?,9-/m1/s1. The molecule has 1 fully saturated rings. The summed E-state index contributed by atoms with van der Waals surface area (Å²) in [5.74, 6) is -2.36. The summed E-state index contributed by atoms with van der Waals surface area (Å²) in [4.78, 5) is 36.0. The van der Waals surface area contributed by atoms with Crippen molar-refractivity contribution in [2.75, 3.05) is 12.4 Å². The quantitative estimate of drug-likeness (QED) is 0.407. The van der Waals surface area contributed by atoms with Crippen LogP contribution in [-0.2, 0) is 19.1 Å². The molecular weight excluding hydrogens is 352 g/mol. The predicted molar refractivity (Wildman–Crippen MR) is 75.1 cm³/mol. The van der Waals surface area contributed by atoms with E-state index in [1.54, 1.807) is 6.92 Å². The van der Waals surface area contributed by atoms with Gasteiger partial charge in [-0.1, -0.05) is 15.9 Å². The predicted octanol–water partition coefficient (Wildman–Crippen LogP) is -0.106. The maximum Gasteiger partial charge on any atom is 0.353 e. The summed E-state index contributed by atoms with van der Waals surface area (Å²) in [5.41, 5.74) is 5.29. The second-order valence-electron chi connectivity index (χ2n) is 4.45. The first-order chi connectivity index (χ1) is 9.34. The van der Waals surface area contributed by atoms with Gasteiger partial charge in [0.05, 0.1) is 5.57 Å². The van der Waals surface area contributed by atoms with E-state index in [2.05, 4.69) is 15.9 Å². The molecule has 2 unspecified atom stereocenters. The van der Waals surface area contributed by atoms with E-state index in [-0.39, 0.29) is 28.5 Å². The number of carbonyl (C=O) groups excluding carboxylic acids is 2. The van der Waals surface area contributed by atoms with E-state index in [1.165, 1.54) is 11.8 Å². The molecule has 1 saturated heterocycles. The number of aliphatic carboxylic acids is 1. The highest BCUT2D eigenvalue weighted by atomic mass is 79.9. The molecule has 2 aliphatic rings. The van der Waals surface area contributed by atoms with Crippen molar-refractivity contribution in [3.05, 3.63) is 11.3 Å². The first kappa shape index (κ1) is 15.3. The molecule has 0 spiro atoms. The van der Waals surface area contributed by atoms with Gasteiger partial charge in [-0.3, -0.25) is 9.69 Å². The van der Waals surface area contributed by atoms with E-state index in [4.69, 9.17) is 10.5 Å². The van der Waals surface area contributed by atoms with Gasteiger partial charge in [-0.2, -0.15) is 0 Å². The van der Waals surface area contributed by atoms with Crippen LogP contribution in [0.1, 0.15) is 6.92 Å². The fourth-order valence-electron chi connectivity index (χ4n) is 1.95. The largest absolute Gasteiger partial charge is 0.477 e. The van der Waals surface area contributed by atoms with E-state index in [1.807, 2.05) is 0 Å². The van der Waals surface area contributed by atoms with Crippen molar-refractivity contribution in [3.63, 3.8) is 0 Å². The van der Waals surface area contributed by atoms with E-state index >= 15 is 0 Å². The number of ether oxygens (including phenoxy) is 1. The Morgan fingerprint density at radius 3 is 2.85 bits per heavy atom. The number of rotatable bonds is 4. The Labute approximate surface area is 127 Å². The summed E-state index contributed by atoms with van der Waals surface area (Å²) in [7, 11) is 0. The minimum absolute atomic E-state index is 0.00727. The minimum Gasteiger partial charge on any atom is -0.477 e. The summed E-state index contributed by atoms with van der Waals surface area (Å²) in [6.07, 6.45) is 0. The molecule has 20 heavy (non-hydrogen) atoms. The fraction of sp³-hybridized carbons (Fsp3) is 0.545. The molecule has 0 aliphatic carbocycles. The lowest BCUT2D eigenvalue weighted by Crippen LogP contribution is -2.68. The topological polar surface area (TPSA) is 110 Å². The van der Waals surface area contributed by atoms with Crippen LogP contribution in [0.2, 0.25) is 0 Å². The number of esters is 1.